The fourth-order valence-electron chi connectivity index (χ4n) is 3.34. The van der Waals surface area contributed by atoms with Gasteiger partial charge in [0, 0.05) is 17.5 Å². The molecule has 0 N–H and O–H groups in total. The Balaban J connectivity index is 2.36. The molecule has 3 rings (SSSR count). The topological polar surface area (TPSA) is 44.1 Å². The Morgan fingerprint density at radius 2 is 2.13 bits per heavy atom. The Hall–Kier alpha value is -2.36. The van der Waals surface area contributed by atoms with Crippen LogP contribution in [0.5, 0.6) is 6.01 Å². The van der Waals surface area contributed by atoms with Crippen LogP contribution < -0.4 is 10.3 Å². The van der Waals surface area contributed by atoms with Gasteiger partial charge in [0.25, 0.3) is 11.6 Å². The van der Waals surface area contributed by atoms with Crippen molar-refractivity contribution in [1.29, 1.82) is 0 Å². The fraction of sp³-hybridized carbons (Fsp3) is 0.368. The number of hydrogen-bond donors (Lipinski definition) is 0. The van der Waals surface area contributed by atoms with Crippen molar-refractivity contribution in [2.45, 2.75) is 39.2 Å². The third kappa shape index (κ3) is 2.48. The van der Waals surface area contributed by atoms with Crippen LogP contribution in [0.2, 0.25) is 0 Å². The van der Waals surface area contributed by atoms with E-state index in [1.807, 2.05) is 25.1 Å². The van der Waals surface area contributed by atoms with Crippen LogP contribution >= 0.6 is 0 Å². The molecule has 0 aliphatic heterocycles. The third-order valence-corrected chi connectivity index (χ3v) is 4.30. The van der Waals surface area contributed by atoms with Gasteiger partial charge >= 0.3 is 0 Å². The van der Waals surface area contributed by atoms with E-state index in [1.165, 1.54) is 5.56 Å². The summed E-state index contributed by atoms with van der Waals surface area (Å²) in [4.78, 5) is 17.8. The summed E-state index contributed by atoms with van der Waals surface area (Å²) >= 11 is 0. The van der Waals surface area contributed by atoms with E-state index in [0.29, 0.717) is 19.2 Å². The highest BCUT2D eigenvalue weighted by Gasteiger charge is 2.36. The minimum atomic E-state index is -0.262. The van der Waals surface area contributed by atoms with Crippen LogP contribution in [0.3, 0.4) is 0 Å². The first-order valence-electron chi connectivity index (χ1n) is 7.97. The number of nitrogens with zero attached hydrogens (tertiary/aromatic N) is 2. The van der Waals surface area contributed by atoms with Crippen molar-refractivity contribution in [2.24, 2.45) is 0 Å². The molecule has 1 aliphatic carbocycles. The highest BCUT2D eigenvalue weighted by molar-refractivity contribution is 5.71. The van der Waals surface area contributed by atoms with E-state index in [9.17, 15) is 4.79 Å². The van der Waals surface area contributed by atoms with E-state index >= 15 is 0 Å². The Bertz CT molecular complexity index is 819. The molecule has 2 aromatic rings. The second-order valence-corrected chi connectivity index (χ2v) is 6.47. The van der Waals surface area contributed by atoms with Gasteiger partial charge in [0.15, 0.2) is 0 Å². The van der Waals surface area contributed by atoms with Gasteiger partial charge in [0.2, 0.25) is 0 Å². The van der Waals surface area contributed by atoms with Gasteiger partial charge in [-0.1, -0.05) is 44.2 Å². The number of rotatable bonds is 4. The van der Waals surface area contributed by atoms with Crippen molar-refractivity contribution in [3.63, 3.8) is 0 Å². The minimum Gasteiger partial charge on any atom is -0.465 e. The smallest absolute Gasteiger partial charge is 0.300 e. The molecule has 0 fully saturated rings. The largest absolute Gasteiger partial charge is 0.465 e. The number of benzene rings is 1. The monoisotopic (exact) mass is 310 g/mol. The zero-order valence-corrected chi connectivity index (χ0v) is 13.9. The molecule has 23 heavy (non-hydrogen) atoms. The van der Waals surface area contributed by atoms with Crippen molar-refractivity contribution in [3.05, 3.63) is 58.4 Å². The number of hydrogen-bond acceptors (Lipinski definition) is 3. The molecule has 120 valence electrons. The molecule has 0 radical (unpaired) electrons. The number of ether oxygens (including phenoxy) is 1. The molecule has 0 spiro atoms. The van der Waals surface area contributed by atoms with Crippen molar-refractivity contribution in [1.82, 2.24) is 9.55 Å². The highest BCUT2D eigenvalue weighted by Crippen LogP contribution is 2.40. The summed E-state index contributed by atoms with van der Waals surface area (Å²) in [6.07, 6.45) is 2.52. The molecule has 1 heterocycles. The number of aromatic nitrogens is 2. The SMILES string of the molecule is C=CCn1c(OCC)nc2c(c1=O)C(C)(C)Cc1ccccc1-2. The molecule has 1 aromatic heterocycles. The lowest BCUT2D eigenvalue weighted by molar-refractivity contribution is 0.290. The summed E-state index contributed by atoms with van der Waals surface area (Å²) in [5, 5.41) is 0. The maximum Gasteiger partial charge on any atom is 0.300 e. The van der Waals surface area contributed by atoms with Crippen LogP contribution in [0.25, 0.3) is 11.3 Å². The molecule has 4 nitrogen and oxygen atoms in total. The van der Waals surface area contributed by atoms with Gasteiger partial charge in [-0.05, 0) is 18.9 Å². The van der Waals surface area contributed by atoms with Gasteiger partial charge in [-0.3, -0.25) is 9.36 Å². The second kappa shape index (κ2) is 5.69. The van der Waals surface area contributed by atoms with Crippen molar-refractivity contribution >= 4 is 0 Å². The molecular formula is C19H22N2O2. The first kappa shape index (κ1) is 15.5. The average molecular weight is 310 g/mol. The van der Waals surface area contributed by atoms with E-state index in [4.69, 9.17) is 9.72 Å². The standard InChI is InChI=1S/C19H22N2O2/c1-5-11-21-17(22)15-16(20-18(21)23-6-2)14-10-8-7-9-13(14)12-19(15,3)4/h5,7-10H,1,6,11-12H2,2-4H3. The molecule has 0 atom stereocenters. The van der Waals surface area contributed by atoms with Gasteiger partial charge in [0.05, 0.1) is 17.9 Å². The van der Waals surface area contributed by atoms with E-state index < -0.39 is 0 Å². The molecule has 1 aliphatic rings. The van der Waals surface area contributed by atoms with Crippen LogP contribution in [0, 0.1) is 0 Å². The summed E-state index contributed by atoms with van der Waals surface area (Å²) < 4.78 is 7.20. The minimum absolute atomic E-state index is 0.0298. The predicted octanol–water partition coefficient (Wildman–Crippen LogP) is 3.33. The Labute approximate surface area is 136 Å². The van der Waals surface area contributed by atoms with E-state index in [-0.39, 0.29) is 11.0 Å². The zero-order valence-electron chi connectivity index (χ0n) is 13.9. The summed E-state index contributed by atoms with van der Waals surface area (Å²) in [5.41, 5.74) is 3.48. The lowest BCUT2D eigenvalue weighted by Crippen LogP contribution is -2.38. The van der Waals surface area contributed by atoms with E-state index in [2.05, 4.69) is 26.5 Å². The van der Waals surface area contributed by atoms with Crippen LogP contribution in [0.4, 0.5) is 0 Å². The summed E-state index contributed by atoms with van der Waals surface area (Å²) in [5.74, 6) is 0. The summed E-state index contributed by atoms with van der Waals surface area (Å²) in [7, 11) is 0. The third-order valence-electron chi connectivity index (χ3n) is 4.30. The maximum absolute atomic E-state index is 13.1. The van der Waals surface area contributed by atoms with Gasteiger partial charge in [0.1, 0.15) is 0 Å². The normalized spacial score (nSPS) is 14.7. The Morgan fingerprint density at radius 1 is 1.39 bits per heavy atom. The predicted molar refractivity (Wildman–Crippen MR) is 92.0 cm³/mol. The van der Waals surface area contributed by atoms with Crippen LogP contribution in [-0.4, -0.2) is 16.2 Å². The maximum atomic E-state index is 13.1. The van der Waals surface area contributed by atoms with Crippen molar-refractivity contribution < 1.29 is 4.74 Å². The van der Waals surface area contributed by atoms with Crippen molar-refractivity contribution in [2.75, 3.05) is 6.61 Å². The van der Waals surface area contributed by atoms with E-state index in [1.54, 1.807) is 10.6 Å². The first-order chi connectivity index (χ1) is 11.0. The molecule has 0 saturated carbocycles. The molecular weight excluding hydrogens is 288 g/mol. The quantitative estimate of drug-likeness (QED) is 0.814. The van der Waals surface area contributed by atoms with Gasteiger partial charge in [-0.25, -0.2) is 0 Å². The fourth-order valence-corrected chi connectivity index (χ4v) is 3.34. The Kier molecular flexibility index (Phi) is 3.84. The zero-order chi connectivity index (χ0) is 16.6. The van der Waals surface area contributed by atoms with Crippen molar-refractivity contribution in [3.8, 4) is 17.3 Å². The summed E-state index contributed by atoms with van der Waals surface area (Å²) in [6, 6.07) is 8.52. The van der Waals surface area contributed by atoms with E-state index in [0.717, 1.165) is 23.2 Å². The molecule has 1 aromatic carbocycles. The van der Waals surface area contributed by atoms with Gasteiger partial charge in [-0.2, -0.15) is 4.98 Å². The molecule has 0 unspecified atom stereocenters. The average Bonchev–Trinajstić information content (AvgIpc) is 2.50. The summed E-state index contributed by atoms with van der Waals surface area (Å²) in [6.45, 7) is 10.7. The molecule has 0 amide bonds. The van der Waals surface area contributed by atoms with Crippen LogP contribution in [0.1, 0.15) is 31.9 Å². The number of allylic oxidation sites excluding steroid dienone is 1. The highest BCUT2D eigenvalue weighted by atomic mass is 16.5. The number of fused-ring (bicyclic) bond motifs is 3. The van der Waals surface area contributed by atoms with Crippen LogP contribution in [0.15, 0.2) is 41.7 Å². The molecule has 4 heteroatoms. The lowest BCUT2D eigenvalue weighted by Gasteiger charge is -2.33. The second-order valence-electron chi connectivity index (χ2n) is 6.47. The molecule has 0 bridgehead atoms. The van der Waals surface area contributed by atoms with Crippen LogP contribution in [-0.2, 0) is 18.4 Å². The first-order valence-corrected chi connectivity index (χ1v) is 7.97. The molecule has 0 saturated heterocycles. The van der Waals surface area contributed by atoms with Gasteiger partial charge < -0.3 is 4.74 Å². The van der Waals surface area contributed by atoms with Gasteiger partial charge in [-0.15, -0.1) is 6.58 Å². The lowest BCUT2D eigenvalue weighted by atomic mass is 9.72. The Morgan fingerprint density at radius 3 is 2.83 bits per heavy atom.